The zero-order valence-corrected chi connectivity index (χ0v) is 21.3. The molecule has 0 aliphatic carbocycles. The number of benzene rings is 2. The Kier molecular flexibility index (Phi) is 7.86. The molecule has 1 amide bonds. The summed E-state index contributed by atoms with van der Waals surface area (Å²) in [6.07, 6.45) is 4.25. The molecule has 1 aliphatic rings. The van der Waals surface area contributed by atoms with Gasteiger partial charge in [0.1, 0.15) is 0 Å². The largest absolute Gasteiger partial charge is 0.411 e. The third-order valence-electron chi connectivity index (χ3n) is 7.03. The minimum absolute atomic E-state index is 0.153. The van der Waals surface area contributed by atoms with Gasteiger partial charge >= 0.3 is 0 Å². The van der Waals surface area contributed by atoms with Crippen molar-refractivity contribution in [2.75, 3.05) is 13.1 Å². The predicted molar refractivity (Wildman–Crippen MR) is 141 cm³/mol. The molecule has 6 heteroatoms. The number of amides is 1. The number of aromatic nitrogens is 1. The molecular weight excluding hydrogens is 458 g/mol. The topological polar surface area (TPSA) is 65.8 Å². The molecule has 1 atom stereocenters. The Labute approximate surface area is 212 Å². The van der Waals surface area contributed by atoms with Crippen LogP contribution in [0.2, 0.25) is 5.02 Å². The monoisotopic (exact) mass is 489 g/mol. The van der Waals surface area contributed by atoms with Crippen molar-refractivity contribution in [1.82, 2.24) is 9.88 Å². The summed E-state index contributed by atoms with van der Waals surface area (Å²) in [5.74, 6) is 0.390. The first-order chi connectivity index (χ1) is 16.9. The summed E-state index contributed by atoms with van der Waals surface area (Å²) >= 11 is 6.25. The van der Waals surface area contributed by atoms with E-state index in [-0.39, 0.29) is 11.8 Å². The average Bonchev–Trinajstić information content (AvgIpc) is 2.85. The number of hydrogen-bond donors (Lipinski definition) is 1. The van der Waals surface area contributed by atoms with Crippen LogP contribution in [0.15, 0.2) is 65.9 Å². The average molecular weight is 490 g/mol. The molecule has 1 aromatic heterocycles. The summed E-state index contributed by atoms with van der Waals surface area (Å²) in [6, 6.07) is 18.5. The minimum atomic E-state index is -0.209. The number of carbonyl (C=O) groups excluding carboxylic acids is 1. The molecule has 5 nitrogen and oxygen atoms in total. The smallest absolute Gasteiger partial charge is 0.219 e. The van der Waals surface area contributed by atoms with Gasteiger partial charge in [-0.2, -0.15) is 0 Å². The molecule has 1 aliphatic heterocycles. The fourth-order valence-corrected chi connectivity index (χ4v) is 5.35. The standard InChI is InChI=1S/C29H32ClN3O2/c1-19-16-26(30)8-9-27(19)29(28(32-35)18-22-10-13-31-20(2)17-22)25-6-4-23(5-7-25)24-11-14-33(15-12-24)21(3)34/h4-10,13,16-17,24,29,35H,11-12,14-15,18H2,1-3H3/b32-28+/t29-/m1/s1. The molecule has 0 saturated carbocycles. The predicted octanol–water partition coefficient (Wildman–Crippen LogP) is 6.28. The first-order valence-electron chi connectivity index (χ1n) is 12.1. The Morgan fingerprint density at radius 3 is 2.43 bits per heavy atom. The van der Waals surface area contributed by atoms with Crippen LogP contribution in [0.1, 0.15) is 65.1 Å². The molecule has 0 unspecified atom stereocenters. The molecule has 35 heavy (non-hydrogen) atoms. The summed E-state index contributed by atoms with van der Waals surface area (Å²) in [4.78, 5) is 17.9. The van der Waals surface area contributed by atoms with Crippen molar-refractivity contribution >= 4 is 23.2 Å². The van der Waals surface area contributed by atoms with E-state index < -0.39 is 0 Å². The van der Waals surface area contributed by atoms with E-state index in [0.29, 0.717) is 23.1 Å². The van der Waals surface area contributed by atoms with Gasteiger partial charge < -0.3 is 10.1 Å². The fourth-order valence-electron chi connectivity index (χ4n) is 5.12. The van der Waals surface area contributed by atoms with Crippen LogP contribution < -0.4 is 0 Å². The molecule has 2 heterocycles. The summed E-state index contributed by atoms with van der Waals surface area (Å²) in [7, 11) is 0. The molecule has 0 spiro atoms. The Balaban J connectivity index is 1.65. The zero-order chi connectivity index (χ0) is 24.9. The Morgan fingerprint density at radius 1 is 1.11 bits per heavy atom. The number of carbonyl (C=O) groups is 1. The van der Waals surface area contributed by atoms with E-state index in [1.165, 1.54) is 5.56 Å². The lowest BCUT2D eigenvalue weighted by molar-refractivity contribution is -0.129. The van der Waals surface area contributed by atoms with Crippen LogP contribution in [0.25, 0.3) is 0 Å². The van der Waals surface area contributed by atoms with Crippen molar-refractivity contribution in [3.8, 4) is 0 Å². The van der Waals surface area contributed by atoms with Crippen LogP contribution in [0.4, 0.5) is 0 Å². The van der Waals surface area contributed by atoms with Gasteiger partial charge in [0.2, 0.25) is 5.91 Å². The molecule has 2 aromatic carbocycles. The highest BCUT2D eigenvalue weighted by Gasteiger charge is 2.25. The van der Waals surface area contributed by atoms with E-state index in [1.807, 2.05) is 49.1 Å². The number of likely N-dealkylation sites (tertiary alicyclic amines) is 1. The van der Waals surface area contributed by atoms with Gasteiger partial charge in [0.05, 0.1) is 11.6 Å². The Bertz CT molecular complexity index is 1210. The summed E-state index contributed by atoms with van der Waals surface area (Å²) in [6.45, 7) is 7.25. The number of oxime groups is 1. The molecule has 0 radical (unpaired) electrons. The molecule has 4 rings (SSSR count). The van der Waals surface area contributed by atoms with Crippen molar-refractivity contribution in [2.24, 2.45) is 5.16 Å². The maximum absolute atomic E-state index is 11.7. The highest BCUT2D eigenvalue weighted by atomic mass is 35.5. The van der Waals surface area contributed by atoms with Crippen molar-refractivity contribution in [2.45, 2.75) is 51.9 Å². The SMILES string of the molecule is CC(=O)N1CCC(c2ccc([C@@H](/C(Cc3ccnc(C)c3)=N/O)c3ccc(Cl)cc3C)cc2)CC1. The number of nitrogens with zero attached hydrogens (tertiary/aromatic N) is 3. The normalized spacial score (nSPS) is 15.8. The Hall–Kier alpha value is -3.18. The van der Waals surface area contributed by atoms with Crippen LogP contribution in [0, 0.1) is 13.8 Å². The first kappa shape index (κ1) is 24.9. The number of rotatable bonds is 6. The molecule has 3 aromatic rings. The summed E-state index contributed by atoms with van der Waals surface area (Å²) in [5.41, 5.74) is 7.12. The van der Waals surface area contributed by atoms with Gasteiger partial charge in [-0.25, -0.2) is 0 Å². The maximum Gasteiger partial charge on any atom is 0.219 e. The van der Waals surface area contributed by atoms with Crippen molar-refractivity contribution < 1.29 is 10.0 Å². The van der Waals surface area contributed by atoms with Crippen molar-refractivity contribution in [3.05, 3.63) is 99.3 Å². The number of piperidine rings is 1. The highest BCUT2D eigenvalue weighted by Crippen LogP contribution is 2.34. The molecule has 1 fully saturated rings. The zero-order valence-electron chi connectivity index (χ0n) is 20.5. The van der Waals surface area contributed by atoms with Crippen LogP contribution in [0.3, 0.4) is 0 Å². The third-order valence-corrected chi connectivity index (χ3v) is 7.27. The highest BCUT2D eigenvalue weighted by molar-refractivity contribution is 6.30. The lowest BCUT2D eigenvalue weighted by atomic mass is 9.81. The van der Waals surface area contributed by atoms with E-state index in [9.17, 15) is 10.0 Å². The second-order valence-electron chi connectivity index (χ2n) is 9.45. The summed E-state index contributed by atoms with van der Waals surface area (Å²) < 4.78 is 0. The van der Waals surface area contributed by atoms with E-state index in [0.717, 1.165) is 53.9 Å². The van der Waals surface area contributed by atoms with Gasteiger partial charge in [0.15, 0.2) is 0 Å². The maximum atomic E-state index is 11.7. The molecule has 1 N–H and O–H groups in total. The van der Waals surface area contributed by atoms with Crippen molar-refractivity contribution in [3.63, 3.8) is 0 Å². The van der Waals surface area contributed by atoms with Crippen LogP contribution in [-0.4, -0.2) is 39.8 Å². The van der Waals surface area contributed by atoms with Crippen LogP contribution >= 0.6 is 11.6 Å². The van der Waals surface area contributed by atoms with Gasteiger partial charge in [-0.15, -0.1) is 0 Å². The second kappa shape index (κ2) is 11.0. The summed E-state index contributed by atoms with van der Waals surface area (Å²) in [5, 5.41) is 14.6. The second-order valence-corrected chi connectivity index (χ2v) is 9.89. The van der Waals surface area contributed by atoms with E-state index in [4.69, 9.17) is 11.6 Å². The number of aryl methyl sites for hydroxylation is 2. The van der Waals surface area contributed by atoms with Gasteiger partial charge in [0, 0.05) is 43.3 Å². The lowest BCUT2D eigenvalue weighted by Crippen LogP contribution is -2.36. The van der Waals surface area contributed by atoms with Crippen LogP contribution in [0.5, 0.6) is 0 Å². The van der Waals surface area contributed by atoms with E-state index in [1.54, 1.807) is 13.1 Å². The quantitative estimate of drug-likeness (QED) is 0.251. The molecule has 0 bridgehead atoms. The first-order valence-corrected chi connectivity index (χ1v) is 12.5. The molecular formula is C29H32ClN3O2. The van der Waals surface area contributed by atoms with Crippen molar-refractivity contribution in [1.29, 1.82) is 0 Å². The number of pyridine rings is 1. The van der Waals surface area contributed by atoms with Gasteiger partial charge in [-0.05, 0) is 84.7 Å². The lowest BCUT2D eigenvalue weighted by Gasteiger charge is -2.31. The fraction of sp³-hybridized carbons (Fsp3) is 0.345. The van der Waals surface area contributed by atoms with Crippen LogP contribution in [-0.2, 0) is 11.2 Å². The Morgan fingerprint density at radius 2 is 1.83 bits per heavy atom. The molecule has 1 saturated heterocycles. The number of halogens is 1. The third kappa shape index (κ3) is 5.91. The van der Waals surface area contributed by atoms with E-state index >= 15 is 0 Å². The number of hydrogen-bond acceptors (Lipinski definition) is 4. The molecule has 182 valence electrons. The van der Waals surface area contributed by atoms with Gasteiger partial charge in [0.25, 0.3) is 0 Å². The van der Waals surface area contributed by atoms with Gasteiger partial charge in [-0.3, -0.25) is 9.78 Å². The minimum Gasteiger partial charge on any atom is -0.411 e. The van der Waals surface area contributed by atoms with E-state index in [2.05, 4.69) is 34.4 Å². The van der Waals surface area contributed by atoms with Gasteiger partial charge in [-0.1, -0.05) is 47.1 Å².